The van der Waals surface area contributed by atoms with Crippen molar-refractivity contribution in [3.8, 4) is 23.0 Å². The van der Waals surface area contributed by atoms with Gasteiger partial charge in [0.1, 0.15) is 6.61 Å². The Labute approximate surface area is 248 Å². The minimum Gasteiger partial charge on any atom is -0.504 e. The molecule has 0 radical (unpaired) electrons. The van der Waals surface area contributed by atoms with Crippen LogP contribution in [-0.2, 0) is 9.53 Å². The number of esters is 1. The molecule has 0 spiro atoms. The van der Waals surface area contributed by atoms with Crippen LogP contribution in [0, 0.1) is 0 Å². The lowest BCUT2D eigenvalue weighted by Crippen LogP contribution is -2.40. The first-order chi connectivity index (χ1) is 20.3. The molecule has 2 aromatic carbocycles. The minimum atomic E-state index is -0.817. The lowest BCUT2D eigenvalue weighted by Gasteiger charge is -2.25. The molecule has 10 heteroatoms. The van der Waals surface area contributed by atoms with Crippen LogP contribution in [0.5, 0.6) is 23.0 Å². The van der Waals surface area contributed by atoms with Crippen LogP contribution in [0.25, 0.3) is 6.08 Å². The number of benzene rings is 2. The lowest BCUT2D eigenvalue weighted by molar-refractivity contribution is -0.138. The van der Waals surface area contributed by atoms with Gasteiger partial charge in [-0.25, -0.2) is 9.79 Å². The zero-order chi connectivity index (χ0) is 30.2. The van der Waals surface area contributed by atoms with Crippen LogP contribution in [0.2, 0.25) is 0 Å². The van der Waals surface area contributed by atoms with E-state index in [0.717, 1.165) is 19.3 Å². The van der Waals surface area contributed by atoms with Gasteiger partial charge in [0.15, 0.2) is 27.8 Å². The fraction of sp³-hybridized carbons (Fsp3) is 0.344. The molecule has 0 bridgehead atoms. The number of fused-ring (bicyclic) bond motifs is 1. The number of carbonyl (C=O) groups is 1. The number of ether oxygens (including phenoxy) is 4. The number of thiazole rings is 1. The number of methoxy groups -OCH3 is 1. The zero-order valence-electron chi connectivity index (χ0n) is 24.3. The standard InChI is InChI=1S/C32H36N2O7S/c1-6-9-10-16-40-24-14-12-22(19-26(24)38-5)29-28(31(37)41-15-7-2)20(4)33-32-34(29)30(36)27(42-32)18-21-11-13-23(35)25(17-21)39-8-3/h7,11-14,17-19,29,35H,2,6,8-10,15-16H2,1,3-5H3/b27-18-. The summed E-state index contributed by atoms with van der Waals surface area (Å²) in [5.41, 5.74) is 1.69. The molecule has 0 aliphatic carbocycles. The summed E-state index contributed by atoms with van der Waals surface area (Å²) in [7, 11) is 1.55. The number of unbranched alkanes of at least 4 members (excludes halogenated alkanes) is 2. The number of hydrogen-bond acceptors (Lipinski definition) is 9. The molecule has 0 fully saturated rings. The highest BCUT2D eigenvalue weighted by molar-refractivity contribution is 7.07. The van der Waals surface area contributed by atoms with Crippen molar-refractivity contribution in [1.82, 2.24) is 4.57 Å². The average Bonchev–Trinajstić information content (AvgIpc) is 3.28. The molecular weight excluding hydrogens is 556 g/mol. The Kier molecular flexibility index (Phi) is 10.2. The molecule has 2 heterocycles. The van der Waals surface area contributed by atoms with Crippen LogP contribution < -0.4 is 29.1 Å². The maximum atomic E-state index is 13.9. The predicted octanol–water partition coefficient (Wildman–Crippen LogP) is 4.65. The van der Waals surface area contributed by atoms with E-state index < -0.39 is 12.0 Å². The number of carbonyl (C=O) groups excluding carboxylic acids is 1. The number of hydrogen-bond donors (Lipinski definition) is 1. The van der Waals surface area contributed by atoms with E-state index in [1.54, 1.807) is 44.4 Å². The van der Waals surface area contributed by atoms with Gasteiger partial charge in [0, 0.05) is 0 Å². The van der Waals surface area contributed by atoms with E-state index in [2.05, 4.69) is 18.5 Å². The van der Waals surface area contributed by atoms with Gasteiger partial charge < -0.3 is 24.1 Å². The molecule has 222 valence electrons. The Hall–Kier alpha value is -4.31. The van der Waals surface area contributed by atoms with Crippen LogP contribution in [0.15, 0.2) is 70.1 Å². The molecule has 1 aromatic heterocycles. The molecule has 1 N–H and O–H groups in total. The first-order valence-corrected chi connectivity index (χ1v) is 14.7. The van der Waals surface area contributed by atoms with Crippen molar-refractivity contribution in [2.24, 2.45) is 4.99 Å². The summed E-state index contributed by atoms with van der Waals surface area (Å²) < 4.78 is 24.4. The maximum absolute atomic E-state index is 13.9. The molecule has 1 aliphatic rings. The first kappa shape index (κ1) is 30.6. The highest BCUT2D eigenvalue weighted by Gasteiger charge is 2.34. The molecule has 0 saturated carbocycles. The van der Waals surface area contributed by atoms with Gasteiger partial charge in [-0.3, -0.25) is 9.36 Å². The molecule has 0 saturated heterocycles. The van der Waals surface area contributed by atoms with Gasteiger partial charge in [-0.05, 0) is 61.7 Å². The van der Waals surface area contributed by atoms with Gasteiger partial charge in [0.05, 0.1) is 42.2 Å². The predicted molar refractivity (Wildman–Crippen MR) is 162 cm³/mol. The second-order valence-electron chi connectivity index (χ2n) is 9.59. The quantitative estimate of drug-likeness (QED) is 0.175. The third-order valence-electron chi connectivity index (χ3n) is 6.66. The van der Waals surface area contributed by atoms with E-state index in [4.69, 9.17) is 18.9 Å². The summed E-state index contributed by atoms with van der Waals surface area (Å²) in [6.07, 6.45) is 6.27. The molecular formula is C32H36N2O7S. The van der Waals surface area contributed by atoms with Gasteiger partial charge in [-0.2, -0.15) is 0 Å². The third-order valence-corrected chi connectivity index (χ3v) is 7.65. The van der Waals surface area contributed by atoms with Gasteiger partial charge >= 0.3 is 5.97 Å². The number of nitrogens with zero attached hydrogens (tertiary/aromatic N) is 2. The minimum absolute atomic E-state index is 0.0144. The first-order valence-electron chi connectivity index (χ1n) is 13.9. The summed E-state index contributed by atoms with van der Waals surface area (Å²) in [4.78, 5) is 32.3. The summed E-state index contributed by atoms with van der Waals surface area (Å²) >= 11 is 1.21. The summed E-state index contributed by atoms with van der Waals surface area (Å²) in [5.74, 6) is 0.824. The van der Waals surface area contributed by atoms with Gasteiger partial charge in [0.25, 0.3) is 5.56 Å². The van der Waals surface area contributed by atoms with E-state index in [0.29, 0.717) is 56.6 Å². The lowest BCUT2D eigenvalue weighted by atomic mass is 9.95. The summed E-state index contributed by atoms with van der Waals surface area (Å²) in [5, 5.41) is 10.1. The van der Waals surface area contributed by atoms with E-state index in [1.807, 2.05) is 13.0 Å². The Bertz CT molecular complexity index is 1670. The Balaban J connectivity index is 1.85. The maximum Gasteiger partial charge on any atom is 0.338 e. The summed E-state index contributed by atoms with van der Waals surface area (Å²) in [6.45, 7) is 10.3. The fourth-order valence-electron chi connectivity index (χ4n) is 4.66. The van der Waals surface area contributed by atoms with Crippen molar-refractivity contribution in [1.29, 1.82) is 0 Å². The van der Waals surface area contributed by atoms with Crippen molar-refractivity contribution in [3.63, 3.8) is 0 Å². The molecule has 3 aromatic rings. The van der Waals surface area contributed by atoms with Gasteiger partial charge in [-0.1, -0.05) is 55.9 Å². The zero-order valence-corrected chi connectivity index (χ0v) is 25.2. The number of rotatable bonds is 13. The van der Waals surface area contributed by atoms with Crippen molar-refractivity contribution in [2.45, 2.75) is 46.1 Å². The Morgan fingerprint density at radius 3 is 2.64 bits per heavy atom. The Morgan fingerprint density at radius 1 is 1.12 bits per heavy atom. The summed E-state index contributed by atoms with van der Waals surface area (Å²) in [6, 6.07) is 9.47. The van der Waals surface area contributed by atoms with Crippen molar-refractivity contribution in [3.05, 3.63) is 91.1 Å². The third kappa shape index (κ3) is 6.60. The van der Waals surface area contributed by atoms with Crippen LogP contribution in [-0.4, -0.2) is 42.6 Å². The molecule has 42 heavy (non-hydrogen) atoms. The highest BCUT2D eigenvalue weighted by atomic mass is 32.1. The van der Waals surface area contributed by atoms with E-state index in [9.17, 15) is 14.7 Å². The van der Waals surface area contributed by atoms with Gasteiger partial charge in [0.2, 0.25) is 0 Å². The molecule has 0 amide bonds. The van der Waals surface area contributed by atoms with E-state index in [-0.39, 0.29) is 23.5 Å². The monoisotopic (exact) mass is 592 g/mol. The van der Waals surface area contributed by atoms with Crippen molar-refractivity contribution >= 4 is 23.4 Å². The molecule has 4 rings (SSSR count). The van der Waals surface area contributed by atoms with E-state index in [1.165, 1.54) is 28.0 Å². The van der Waals surface area contributed by atoms with Crippen LogP contribution in [0.3, 0.4) is 0 Å². The molecule has 9 nitrogen and oxygen atoms in total. The smallest absolute Gasteiger partial charge is 0.338 e. The average molecular weight is 593 g/mol. The van der Waals surface area contributed by atoms with Gasteiger partial charge in [-0.15, -0.1) is 0 Å². The second-order valence-corrected chi connectivity index (χ2v) is 10.6. The SMILES string of the molecule is C=CCOC(=O)C1=C(C)N=c2s/c(=C\c3ccc(O)c(OCC)c3)c(=O)n2C1c1ccc(OCCCCC)c(OC)c1. The Morgan fingerprint density at radius 2 is 1.93 bits per heavy atom. The normalized spacial score (nSPS) is 14.7. The number of phenols is 1. The second kappa shape index (κ2) is 14.0. The van der Waals surface area contributed by atoms with E-state index >= 15 is 0 Å². The molecule has 1 atom stereocenters. The largest absolute Gasteiger partial charge is 0.504 e. The van der Waals surface area contributed by atoms with Crippen LogP contribution in [0.1, 0.15) is 57.2 Å². The van der Waals surface area contributed by atoms with Crippen LogP contribution >= 0.6 is 11.3 Å². The van der Waals surface area contributed by atoms with Crippen molar-refractivity contribution in [2.75, 3.05) is 26.9 Å². The molecule has 1 aliphatic heterocycles. The fourth-order valence-corrected chi connectivity index (χ4v) is 5.71. The van der Waals surface area contributed by atoms with Crippen molar-refractivity contribution < 1.29 is 28.8 Å². The topological polar surface area (TPSA) is 109 Å². The number of phenolic OH excluding ortho intramolecular Hbond substituents is 1. The number of aromatic nitrogens is 1. The van der Waals surface area contributed by atoms with Crippen LogP contribution in [0.4, 0.5) is 0 Å². The number of aromatic hydroxyl groups is 1. The number of allylic oxidation sites excluding steroid dienone is 1. The molecule has 1 unspecified atom stereocenters. The highest BCUT2D eigenvalue weighted by Crippen LogP contribution is 2.36.